The third-order valence-electron chi connectivity index (χ3n) is 3.45. The summed E-state index contributed by atoms with van der Waals surface area (Å²) in [4.78, 5) is 0. The van der Waals surface area contributed by atoms with Gasteiger partial charge in [-0.3, -0.25) is 11.3 Å². The monoisotopic (exact) mass is 312 g/mol. The first kappa shape index (κ1) is 15.7. The van der Waals surface area contributed by atoms with Gasteiger partial charge in [-0.2, -0.15) is 0 Å². The van der Waals surface area contributed by atoms with Gasteiger partial charge < -0.3 is 0 Å². The maximum atomic E-state index is 5.76. The number of benzene rings is 1. The van der Waals surface area contributed by atoms with Crippen LogP contribution in [-0.2, 0) is 6.42 Å². The van der Waals surface area contributed by atoms with Crippen molar-refractivity contribution in [3.63, 3.8) is 0 Å². The molecular formula is C15H25BrN2. The van der Waals surface area contributed by atoms with Crippen molar-refractivity contribution in [2.45, 2.75) is 52.0 Å². The van der Waals surface area contributed by atoms with Crippen LogP contribution in [0.4, 0.5) is 0 Å². The molecule has 1 aromatic carbocycles. The molecule has 1 aromatic rings. The molecule has 0 fully saturated rings. The van der Waals surface area contributed by atoms with Crippen molar-refractivity contribution in [3.8, 4) is 0 Å². The smallest absolute Gasteiger partial charge is 0.0279 e. The van der Waals surface area contributed by atoms with Crippen molar-refractivity contribution < 1.29 is 0 Å². The first-order chi connectivity index (χ1) is 8.71. The van der Waals surface area contributed by atoms with Gasteiger partial charge in [0.25, 0.3) is 0 Å². The lowest BCUT2D eigenvalue weighted by atomic mass is 9.87. The summed E-state index contributed by atoms with van der Waals surface area (Å²) < 4.78 is 1.14. The van der Waals surface area contributed by atoms with Crippen molar-refractivity contribution >= 4 is 15.9 Å². The minimum atomic E-state index is 0.374. The van der Waals surface area contributed by atoms with E-state index in [0.717, 1.165) is 10.9 Å². The Hall–Kier alpha value is -0.380. The van der Waals surface area contributed by atoms with Gasteiger partial charge in [0, 0.05) is 10.5 Å². The number of nitrogens with one attached hydrogen (secondary N) is 1. The fourth-order valence-electron chi connectivity index (χ4n) is 2.57. The van der Waals surface area contributed by atoms with E-state index in [0.29, 0.717) is 12.0 Å². The largest absolute Gasteiger partial charge is 0.271 e. The Labute approximate surface area is 119 Å². The first-order valence-corrected chi connectivity index (χ1v) is 7.71. The van der Waals surface area contributed by atoms with Crippen LogP contribution in [0.2, 0.25) is 0 Å². The Morgan fingerprint density at radius 1 is 1.22 bits per heavy atom. The summed E-state index contributed by atoms with van der Waals surface area (Å²) in [6.07, 6.45) is 5.94. The van der Waals surface area contributed by atoms with Crippen molar-refractivity contribution in [1.82, 2.24) is 5.43 Å². The number of hydrogen-bond donors (Lipinski definition) is 2. The molecule has 102 valence electrons. The molecule has 1 rings (SSSR count). The van der Waals surface area contributed by atoms with E-state index in [4.69, 9.17) is 5.84 Å². The van der Waals surface area contributed by atoms with Crippen molar-refractivity contribution in [2.24, 2.45) is 11.8 Å². The lowest BCUT2D eigenvalue weighted by Crippen LogP contribution is -2.42. The molecule has 0 radical (unpaired) electrons. The maximum Gasteiger partial charge on any atom is 0.0279 e. The average Bonchev–Trinajstić information content (AvgIpc) is 2.36. The van der Waals surface area contributed by atoms with Crippen molar-refractivity contribution in [2.75, 3.05) is 0 Å². The van der Waals surface area contributed by atoms with E-state index in [1.165, 1.54) is 31.2 Å². The molecule has 0 spiro atoms. The van der Waals surface area contributed by atoms with Crippen LogP contribution in [-0.4, -0.2) is 6.04 Å². The summed E-state index contributed by atoms with van der Waals surface area (Å²) in [6, 6.07) is 8.87. The Balaban J connectivity index is 2.69. The van der Waals surface area contributed by atoms with Crippen LogP contribution in [0.1, 0.15) is 45.1 Å². The molecule has 1 unspecified atom stereocenters. The van der Waals surface area contributed by atoms with Gasteiger partial charge in [-0.05, 0) is 42.9 Å². The molecule has 3 N–H and O–H groups in total. The molecule has 0 amide bonds. The summed E-state index contributed by atoms with van der Waals surface area (Å²) >= 11 is 3.52. The van der Waals surface area contributed by atoms with Crippen LogP contribution in [0.25, 0.3) is 0 Å². The zero-order chi connectivity index (χ0) is 13.4. The number of hydrogen-bond acceptors (Lipinski definition) is 2. The molecule has 0 saturated carbocycles. The number of nitrogens with two attached hydrogens (primary N) is 1. The molecular weight excluding hydrogens is 288 g/mol. The highest BCUT2D eigenvalue weighted by atomic mass is 79.9. The highest BCUT2D eigenvalue weighted by Gasteiger charge is 2.19. The van der Waals surface area contributed by atoms with Crippen LogP contribution >= 0.6 is 15.9 Å². The predicted molar refractivity (Wildman–Crippen MR) is 82.3 cm³/mol. The van der Waals surface area contributed by atoms with Crippen LogP contribution < -0.4 is 11.3 Å². The second kappa shape index (κ2) is 8.68. The van der Waals surface area contributed by atoms with Gasteiger partial charge in [0.1, 0.15) is 0 Å². The van der Waals surface area contributed by atoms with Gasteiger partial charge in [-0.25, -0.2) is 0 Å². The Kier molecular flexibility index (Phi) is 7.56. The van der Waals surface area contributed by atoms with E-state index in [9.17, 15) is 0 Å². The van der Waals surface area contributed by atoms with E-state index in [2.05, 4.69) is 59.5 Å². The number of halogens is 1. The van der Waals surface area contributed by atoms with E-state index < -0.39 is 0 Å². The summed E-state index contributed by atoms with van der Waals surface area (Å²) in [5, 5.41) is 0. The van der Waals surface area contributed by atoms with Crippen LogP contribution in [0.3, 0.4) is 0 Å². The molecule has 0 heterocycles. The quantitative estimate of drug-likeness (QED) is 0.561. The second-order valence-electron chi connectivity index (χ2n) is 4.94. The van der Waals surface area contributed by atoms with Crippen LogP contribution in [0, 0.1) is 5.92 Å². The zero-order valence-corrected chi connectivity index (χ0v) is 13.0. The highest BCUT2D eigenvalue weighted by Crippen LogP contribution is 2.21. The molecule has 18 heavy (non-hydrogen) atoms. The lowest BCUT2D eigenvalue weighted by Gasteiger charge is -2.26. The first-order valence-electron chi connectivity index (χ1n) is 6.91. The summed E-state index contributed by atoms with van der Waals surface area (Å²) in [7, 11) is 0. The third-order valence-corrected chi connectivity index (χ3v) is 3.94. The van der Waals surface area contributed by atoms with E-state index in [1.807, 2.05) is 0 Å². The minimum Gasteiger partial charge on any atom is -0.271 e. The summed E-state index contributed by atoms with van der Waals surface area (Å²) in [6.45, 7) is 4.49. The molecule has 0 aliphatic heterocycles. The van der Waals surface area contributed by atoms with Crippen LogP contribution in [0.5, 0.6) is 0 Å². The Bertz CT molecular complexity index is 335. The normalized spacial score (nSPS) is 12.9. The fraction of sp³-hybridized carbons (Fsp3) is 0.600. The fourth-order valence-corrected chi connectivity index (χ4v) is 3.01. The van der Waals surface area contributed by atoms with Crippen molar-refractivity contribution in [3.05, 3.63) is 34.3 Å². The van der Waals surface area contributed by atoms with Gasteiger partial charge in [0.2, 0.25) is 0 Å². The predicted octanol–water partition coefficient (Wildman–Crippen LogP) is 4.04. The lowest BCUT2D eigenvalue weighted by molar-refractivity contribution is 0.311. The molecule has 0 saturated heterocycles. The molecule has 1 atom stereocenters. The Morgan fingerprint density at radius 3 is 2.39 bits per heavy atom. The Morgan fingerprint density at radius 2 is 1.89 bits per heavy atom. The van der Waals surface area contributed by atoms with E-state index >= 15 is 0 Å². The number of rotatable bonds is 8. The van der Waals surface area contributed by atoms with Gasteiger partial charge in [-0.1, -0.05) is 54.8 Å². The topological polar surface area (TPSA) is 38.0 Å². The number of hydrazine groups is 1. The highest BCUT2D eigenvalue weighted by molar-refractivity contribution is 9.10. The third kappa shape index (κ3) is 5.09. The van der Waals surface area contributed by atoms with Crippen LogP contribution in [0.15, 0.2) is 28.7 Å². The minimum absolute atomic E-state index is 0.374. The molecule has 3 heteroatoms. The molecule has 0 bridgehead atoms. The van der Waals surface area contributed by atoms with Gasteiger partial charge in [-0.15, -0.1) is 0 Å². The zero-order valence-electron chi connectivity index (χ0n) is 11.5. The van der Waals surface area contributed by atoms with Gasteiger partial charge in [0.05, 0.1) is 0 Å². The van der Waals surface area contributed by atoms with E-state index in [-0.39, 0.29) is 0 Å². The maximum absolute atomic E-state index is 5.76. The van der Waals surface area contributed by atoms with E-state index in [1.54, 1.807) is 0 Å². The molecule has 0 aliphatic carbocycles. The molecule has 0 aromatic heterocycles. The molecule has 2 nitrogen and oxygen atoms in total. The van der Waals surface area contributed by atoms with Gasteiger partial charge >= 0.3 is 0 Å². The standard InChI is InChI=1S/C15H25BrN2/c1-3-6-13(7-4-2)15(18-17)11-12-8-5-9-14(16)10-12/h5,8-10,13,15,18H,3-4,6-7,11,17H2,1-2H3. The summed E-state index contributed by atoms with van der Waals surface area (Å²) in [5.41, 5.74) is 4.36. The summed E-state index contributed by atoms with van der Waals surface area (Å²) in [5.74, 6) is 6.43. The SMILES string of the molecule is CCCC(CCC)C(Cc1cccc(Br)c1)NN. The van der Waals surface area contributed by atoms with Gasteiger partial charge in [0.15, 0.2) is 0 Å². The average molecular weight is 313 g/mol. The molecule has 0 aliphatic rings. The second-order valence-corrected chi connectivity index (χ2v) is 5.86. The van der Waals surface area contributed by atoms with Crippen molar-refractivity contribution in [1.29, 1.82) is 0 Å².